The maximum Gasteiger partial charge on any atom is 0.322 e. The van der Waals surface area contributed by atoms with E-state index in [1.54, 1.807) is 18.0 Å². The van der Waals surface area contributed by atoms with E-state index in [1.165, 1.54) is 4.90 Å². The van der Waals surface area contributed by atoms with E-state index >= 15 is 0 Å². The Hall–Kier alpha value is -3.32. The third kappa shape index (κ3) is 4.41. The Balaban J connectivity index is 1.51. The zero-order chi connectivity index (χ0) is 24.5. The van der Waals surface area contributed by atoms with E-state index in [0.717, 1.165) is 24.8 Å². The third-order valence-corrected chi connectivity index (χ3v) is 7.55. The first-order valence-electron chi connectivity index (χ1n) is 12.1. The van der Waals surface area contributed by atoms with Gasteiger partial charge in [-0.05, 0) is 36.5 Å². The number of likely N-dealkylation sites (tertiary alicyclic amines) is 1. The predicted octanol–water partition coefficient (Wildman–Crippen LogP) is 3.76. The summed E-state index contributed by atoms with van der Waals surface area (Å²) >= 11 is 6.46. The van der Waals surface area contributed by atoms with Crippen LogP contribution >= 0.6 is 11.6 Å². The molecule has 2 atom stereocenters. The van der Waals surface area contributed by atoms with E-state index in [4.69, 9.17) is 11.6 Å². The number of nitrogens with one attached hydrogen (secondary N) is 1. The number of carbonyl (C=O) groups excluding carboxylic acids is 3. The van der Waals surface area contributed by atoms with Crippen LogP contribution in [0.25, 0.3) is 0 Å². The van der Waals surface area contributed by atoms with Crippen LogP contribution in [0.1, 0.15) is 36.4 Å². The summed E-state index contributed by atoms with van der Waals surface area (Å²) in [6.07, 6.45) is 3.48. The first kappa shape index (κ1) is 23.4. The molecule has 5 rings (SSSR count). The maximum atomic E-state index is 14.0. The van der Waals surface area contributed by atoms with Crippen molar-refractivity contribution in [3.63, 3.8) is 0 Å². The molecule has 0 bridgehead atoms. The molecule has 2 aromatic rings. The van der Waals surface area contributed by atoms with Crippen LogP contribution in [0.5, 0.6) is 0 Å². The van der Waals surface area contributed by atoms with Crippen molar-refractivity contribution >= 4 is 29.4 Å². The Morgan fingerprint density at radius 1 is 1.03 bits per heavy atom. The Morgan fingerprint density at radius 3 is 2.43 bits per heavy atom. The second-order valence-electron chi connectivity index (χ2n) is 9.35. The van der Waals surface area contributed by atoms with Crippen molar-refractivity contribution in [1.29, 1.82) is 0 Å². The molecule has 0 radical (unpaired) electrons. The first-order chi connectivity index (χ1) is 17.0. The zero-order valence-corrected chi connectivity index (χ0v) is 20.5. The van der Waals surface area contributed by atoms with Gasteiger partial charge in [0.1, 0.15) is 6.04 Å². The molecule has 7 nitrogen and oxygen atoms in total. The van der Waals surface area contributed by atoms with Gasteiger partial charge in [-0.2, -0.15) is 0 Å². The van der Waals surface area contributed by atoms with Crippen LogP contribution in [-0.2, 0) is 16.0 Å². The molecular weight excluding hydrogens is 464 g/mol. The molecule has 0 unspecified atom stereocenters. The summed E-state index contributed by atoms with van der Waals surface area (Å²) in [5.41, 5.74) is 2.75. The fourth-order valence-electron chi connectivity index (χ4n) is 5.28. The van der Waals surface area contributed by atoms with Gasteiger partial charge in [0.25, 0.3) is 5.91 Å². The van der Waals surface area contributed by atoms with Crippen molar-refractivity contribution in [1.82, 2.24) is 20.0 Å². The molecule has 35 heavy (non-hydrogen) atoms. The zero-order valence-electron chi connectivity index (χ0n) is 19.7. The Bertz CT molecular complexity index is 1180. The van der Waals surface area contributed by atoms with Gasteiger partial charge in [0.2, 0.25) is 5.91 Å². The number of hydrogen-bond acceptors (Lipinski definition) is 3. The number of carbonyl (C=O) groups is 3. The predicted molar refractivity (Wildman–Crippen MR) is 134 cm³/mol. The number of benzene rings is 2. The van der Waals surface area contributed by atoms with Gasteiger partial charge >= 0.3 is 6.03 Å². The lowest BCUT2D eigenvalue weighted by Gasteiger charge is -2.35. The molecule has 1 saturated heterocycles. The van der Waals surface area contributed by atoms with Gasteiger partial charge in [-0.3, -0.25) is 14.5 Å². The summed E-state index contributed by atoms with van der Waals surface area (Å²) in [4.78, 5) is 45.6. The van der Waals surface area contributed by atoms with Gasteiger partial charge in [-0.1, -0.05) is 60.1 Å². The summed E-state index contributed by atoms with van der Waals surface area (Å²) in [5, 5.41) is 3.41. The lowest BCUT2D eigenvalue weighted by Crippen LogP contribution is -2.52. The molecule has 3 aliphatic heterocycles. The quantitative estimate of drug-likeness (QED) is 0.690. The van der Waals surface area contributed by atoms with Crippen LogP contribution in [-0.4, -0.2) is 65.3 Å². The van der Waals surface area contributed by atoms with E-state index in [2.05, 4.69) is 5.32 Å². The fourth-order valence-corrected chi connectivity index (χ4v) is 5.52. The number of hydrogen-bond donors (Lipinski definition) is 1. The summed E-state index contributed by atoms with van der Waals surface area (Å²) < 4.78 is 0. The van der Waals surface area contributed by atoms with Crippen molar-refractivity contribution in [3.8, 4) is 0 Å². The second-order valence-corrected chi connectivity index (χ2v) is 9.76. The highest BCUT2D eigenvalue weighted by Gasteiger charge is 2.47. The molecule has 4 amide bonds. The molecule has 0 spiro atoms. The largest absolute Gasteiger partial charge is 0.341 e. The Morgan fingerprint density at radius 2 is 1.71 bits per heavy atom. The van der Waals surface area contributed by atoms with E-state index in [1.807, 2.05) is 53.4 Å². The molecule has 3 aliphatic rings. The molecule has 1 fully saturated rings. The van der Waals surface area contributed by atoms with Crippen LogP contribution in [0.2, 0.25) is 5.02 Å². The van der Waals surface area contributed by atoms with E-state index < -0.39 is 12.1 Å². The summed E-state index contributed by atoms with van der Waals surface area (Å²) in [6, 6.07) is 15.4. The third-order valence-electron chi connectivity index (χ3n) is 7.21. The summed E-state index contributed by atoms with van der Waals surface area (Å²) in [5.74, 6) is -0.263. The molecule has 1 N–H and O–H groups in total. The van der Waals surface area contributed by atoms with E-state index in [-0.39, 0.29) is 24.4 Å². The smallest absolute Gasteiger partial charge is 0.322 e. The van der Waals surface area contributed by atoms with E-state index in [9.17, 15) is 14.4 Å². The molecule has 8 heteroatoms. The minimum absolute atomic E-state index is 0.0296. The highest BCUT2D eigenvalue weighted by Crippen LogP contribution is 2.39. The normalized spacial score (nSPS) is 21.2. The number of rotatable bonds is 5. The molecule has 3 heterocycles. The first-order valence-corrected chi connectivity index (χ1v) is 12.5. The topological polar surface area (TPSA) is 73.0 Å². The monoisotopic (exact) mass is 492 g/mol. The molecule has 2 aromatic carbocycles. The van der Waals surface area contributed by atoms with Crippen LogP contribution in [0.15, 0.2) is 65.9 Å². The number of urea groups is 1. The summed E-state index contributed by atoms with van der Waals surface area (Å²) in [6.45, 7) is 1.62. The average Bonchev–Trinajstić information content (AvgIpc) is 3.23. The lowest BCUT2D eigenvalue weighted by atomic mass is 9.95. The van der Waals surface area contributed by atoms with Crippen LogP contribution < -0.4 is 5.32 Å². The molecular formula is C27H29ClN4O3. The van der Waals surface area contributed by atoms with Crippen molar-refractivity contribution < 1.29 is 14.4 Å². The van der Waals surface area contributed by atoms with Crippen LogP contribution in [0.4, 0.5) is 4.79 Å². The average molecular weight is 493 g/mol. The number of piperidine rings is 1. The maximum absolute atomic E-state index is 14.0. The van der Waals surface area contributed by atoms with Gasteiger partial charge in [-0.15, -0.1) is 0 Å². The van der Waals surface area contributed by atoms with Crippen molar-refractivity contribution in [2.24, 2.45) is 0 Å². The SMILES string of the molecule is CN1C(=O)N[C@H](c2ccccc2Cl)C2=C1CN([C@@H](Cc1ccccc1)C(=O)N1CCCCC1)C2=O. The van der Waals surface area contributed by atoms with Crippen molar-refractivity contribution in [2.45, 2.75) is 37.8 Å². The number of nitrogens with zero attached hydrogens (tertiary/aromatic N) is 3. The van der Waals surface area contributed by atoms with Gasteiger partial charge in [0.15, 0.2) is 0 Å². The van der Waals surface area contributed by atoms with Crippen LogP contribution in [0.3, 0.4) is 0 Å². The highest BCUT2D eigenvalue weighted by molar-refractivity contribution is 6.31. The van der Waals surface area contributed by atoms with Gasteiger partial charge in [0.05, 0.1) is 23.9 Å². The lowest BCUT2D eigenvalue weighted by molar-refractivity contribution is -0.143. The van der Waals surface area contributed by atoms with Crippen molar-refractivity contribution in [2.75, 3.05) is 26.7 Å². The number of halogens is 1. The number of amides is 4. The fraction of sp³-hybridized carbons (Fsp3) is 0.370. The Labute approximate surface area is 210 Å². The summed E-state index contributed by atoms with van der Waals surface area (Å²) in [7, 11) is 1.66. The van der Waals surface area contributed by atoms with Crippen molar-refractivity contribution in [3.05, 3.63) is 82.0 Å². The molecule has 182 valence electrons. The highest BCUT2D eigenvalue weighted by atomic mass is 35.5. The minimum Gasteiger partial charge on any atom is -0.341 e. The van der Waals surface area contributed by atoms with Gasteiger partial charge in [-0.25, -0.2) is 4.79 Å². The second kappa shape index (κ2) is 9.74. The Kier molecular flexibility index (Phi) is 6.52. The molecule has 0 aromatic heterocycles. The standard InChI is InChI=1S/C27H29ClN4O3/c1-30-22-17-32(26(34)23(22)24(29-27(30)35)19-12-6-7-13-20(19)28)21(16-18-10-4-2-5-11-18)25(33)31-14-8-3-9-15-31/h2,4-7,10-13,21,24H,3,8-9,14-17H2,1H3,(H,29,35)/t21-,24+/m0/s1. The molecule has 0 aliphatic carbocycles. The number of likely N-dealkylation sites (N-methyl/N-ethyl adjacent to an activating group) is 1. The minimum atomic E-state index is -0.664. The van der Waals surface area contributed by atoms with E-state index in [0.29, 0.717) is 41.4 Å². The van der Waals surface area contributed by atoms with Crippen LogP contribution in [0, 0.1) is 0 Å². The van der Waals surface area contributed by atoms with Gasteiger partial charge < -0.3 is 15.1 Å². The van der Waals surface area contributed by atoms with Gasteiger partial charge in [0, 0.05) is 31.6 Å². The molecule has 0 saturated carbocycles.